The molecule has 20 heavy (non-hydrogen) atoms. The summed E-state index contributed by atoms with van der Waals surface area (Å²) in [5, 5.41) is 9.52. The maximum Gasteiger partial charge on any atom is 0.251 e. The Morgan fingerprint density at radius 1 is 1.45 bits per heavy atom. The summed E-state index contributed by atoms with van der Waals surface area (Å²) >= 11 is 0. The van der Waals surface area contributed by atoms with Crippen molar-refractivity contribution in [2.45, 2.75) is 20.4 Å². The van der Waals surface area contributed by atoms with Crippen LogP contribution in [0.5, 0.6) is 0 Å². The molecule has 0 atom stereocenters. The first-order valence-electron chi connectivity index (χ1n) is 6.31. The van der Waals surface area contributed by atoms with Crippen LogP contribution in [-0.2, 0) is 6.54 Å². The molecular weight excluding hydrogens is 258 g/mol. The van der Waals surface area contributed by atoms with Gasteiger partial charge in [-0.1, -0.05) is 5.16 Å². The van der Waals surface area contributed by atoms with Crippen molar-refractivity contribution in [3.05, 3.63) is 35.5 Å². The summed E-state index contributed by atoms with van der Waals surface area (Å²) in [6.45, 7) is 4.54. The molecule has 0 aliphatic heterocycles. The van der Waals surface area contributed by atoms with E-state index in [2.05, 4.69) is 20.8 Å². The van der Waals surface area contributed by atoms with Gasteiger partial charge in [-0.2, -0.15) is 4.98 Å². The third kappa shape index (κ3) is 3.25. The van der Waals surface area contributed by atoms with Crippen molar-refractivity contribution >= 4 is 17.3 Å². The van der Waals surface area contributed by atoms with Crippen LogP contribution >= 0.6 is 0 Å². The standard InChI is InChI=1S/C13H17N5O2/c1-3-15-13(19)9-4-5-10(14)11(6-9)16-7-12-17-8(2)18-20-12/h4-6,16H,3,7,14H2,1-2H3,(H,15,19). The molecule has 0 saturated heterocycles. The minimum atomic E-state index is -0.135. The molecule has 0 spiro atoms. The van der Waals surface area contributed by atoms with Gasteiger partial charge >= 0.3 is 0 Å². The molecular formula is C13H17N5O2. The second-order valence-corrected chi connectivity index (χ2v) is 4.25. The number of rotatable bonds is 5. The predicted octanol–water partition coefficient (Wildman–Crippen LogP) is 1.32. The zero-order valence-electron chi connectivity index (χ0n) is 11.4. The van der Waals surface area contributed by atoms with E-state index in [0.29, 0.717) is 41.7 Å². The molecule has 1 aromatic heterocycles. The van der Waals surface area contributed by atoms with Crippen LogP contribution in [0.4, 0.5) is 11.4 Å². The lowest BCUT2D eigenvalue weighted by Crippen LogP contribution is -2.22. The number of benzene rings is 1. The second kappa shape index (κ2) is 6.05. The van der Waals surface area contributed by atoms with Gasteiger partial charge < -0.3 is 20.9 Å². The van der Waals surface area contributed by atoms with Crippen molar-refractivity contribution in [3.8, 4) is 0 Å². The van der Waals surface area contributed by atoms with E-state index in [0.717, 1.165) is 0 Å². The van der Waals surface area contributed by atoms with E-state index < -0.39 is 0 Å². The van der Waals surface area contributed by atoms with Crippen molar-refractivity contribution < 1.29 is 9.32 Å². The minimum Gasteiger partial charge on any atom is -0.397 e. The maximum atomic E-state index is 11.8. The summed E-state index contributed by atoms with van der Waals surface area (Å²) < 4.78 is 5.00. The fourth-order valence-electron chi connectivity index (χ4n) is 1.70. The van der Waals surface area contributed by atoms with E-state index >= 15 is 0 Å². The normalized spacial score (nSPS) is 10.3. The van der Waals surface area contributed by atoms with Crippen LogP contribution in [0.1, 0.15) is 29.0 Å². The predicted molar refractivity (Wildman–Crippen MR) is 75.2 cm³/mol. The lowest BCUT2D eigenvalue weighted by atomic mass is 10.1. The van der Waals surface area contributed by atoms with E-state index in [1.54, 1.807) is 25.1 Å². The number of nitrogen functional groups attached to an aromatic ring is 1. The molecule has 0 radical (unpaired) electrons. The summed E-state index contributed by atoms with van der Waals surface area (Å²) in [7, 11) is 0. The molecule has 0 aliphatic carbocycles. The highest BCUT2D eigenvalue weighted by atomic mass is 16.5. The molecule has 1 amide bonds. The fourth-order valence-corrected chi connectivity index (χ4v) is 1.70. The Kier molecular flexibility index (Phi) is 4.19. The average molecular weight is 275 g/mol. The van der Waals surface area contributed by atoms with E-state index in [4.69, 9.17) is 10.3 Å². The molecule has 7 heteroatoms. The Bertz CT molecular complexity index is 609. The van der Waals surface area contributed by atoms with Crippen molar-refractivity contribution in [2.75, 3.05) is 17.6 Å². The first-order valence-corrected chi connectivity index (χ1v) is 6.31. The number of carbonyl (C=O) groups excluding carboxylic acids is 1. The van der Waals surface area contributed by atoms with Crippen LogP contribution in [0.3, 0.4) is 0 Å². The average Bonchev–Trinajstić information content (AvgIpc) is 2.84. The summed E-state index contributed by atoms with van der Waals surface area (Å²) in [6.07, 6.45) is 0. The van der Waals surface area contributed by atoms with Gasteiger partial charge in [-0.25, -0.2) is 0 Å². The van der Waals surface area contributed by atoms with Crippen LogP contribution in [0.25, 0.3) is 0 Å². The molecule has 7 nitrogen and oxygen atoms in total. The van der Waals surface area contributed by atoms with E-state index in [1.165, 1.54) is 0 Å². The number of hydrogen-bond donors (Lipinski definition) is 3. The Morgan fingerprint density at radius 2 is 2.25 bits per heavy atom. The molecule has 2 rings (SSSR count). The zero-order chi connectivity index (χ0) is 14.5. The molecule has 0 saturated carbocycles. The van der Waals surface area contributed by atoms with E-state index in [1.807, 2.05) is 6.92 Å². The third-order valence-electron chi connectivity index (χ3n) is 2.65. The van der Waals surface area contributed by atoms with Crippen molar-refractivity contribution in [2.24, 2.45) is 0 Å². The number of aromatic nitrogens is 2. The smallest absolute Gasteiger partial charge is 0.251 e. The number of nitrogens with one attached hydrogen (secondary N) is 2. The number of nitrogens with two attached hydrogens (primary N) is 1. The quantitative estimate of drug-likeness (QED) is 0.711. The number of nitrogens with zero attached hydrogens (tertiary/aromatic N) is 2. The van der Waals surface area contributed by atoms with Crippen LogP contribution < -0.4 is 16.4 Å². The third-order valence-corrected chi connectivity index (χ3v) is 2.65. The Balaban J connectivity index is 2.10. The van der Waals surface area contributed by atoms with Gasteiger partial charge in [0.1, 0.15) is 0 Å². The number of anilines is 2. The highest BCUT2D eigenvalue weighted by molar-refractivity contribution is 5.96. The zero-order valence-corrected chi connectivity index (χ0v) is 11.4. The van der Waals surface area contributed by atoms with Crippen LogP contribution in [-0.4, -0.2) is 22.6 Å². The van der Waals surface area contributed by atoms with Gasteiger partial charge in [0, 0.05) is 12.1 Å². The van der Waals surface area contributed by atoms with Crippen molar-refractivity contribution in [1.29, 1.82) is 0 Å². The molecule has 0 bridgehead atoms. The summed E-state index contributed by atoms with van der Waals surface area (Å²) in [4.78, 5) is 15.8. The van der Waals surface area contributed by atoms with Gasteiger partial charge in [0.25, 0.3) is 5.91 Å². The van der Waals surface area contributed by atoms with Crippen LogP contribution in [0.15, 0.2) is 22.7 Å². The second-order valence-electron chi connectivity index (χ2n) is 4.25. The molecule has 1 heterocycles. The lowest BCUT2D eigenvalue weighted by Gasteiger charge is -2.09. The topological polar surface area (TPSA) is 106 Å². The van der Waals surface area contributed by atoms with Gasteiger partial charge in [-0.15, -0.1) is 0 Å². The van der Waals surface area contributed by atoms with E-state index in [9.17, 15) is 4.79 Å². The van der Waals surface area contributed by atoms with Crippen molar-refractivity contribution in [3.63, 3.8) is 0 Å². The molecule has 1 aromatic carbocycles. The molecule has 4 N–H and O–H groups in total. The van der Waals surface area contributed by atoms with Gasteiger partial charge in [-0.3, -0.25) is 4.79 Å². The molecule has 2 aromatic rings. The SMILES string of the molecule is CCNC(=O)c1ccc(N)c(NCc2nc(C)no2)c1. The summed E-state index contributed by atoms with van der Waals surface area (Å²) in [5.74, 6) is 0.903. The summed E-state index contributed by atoms with van der Waals surface area (Å²) in [5.41, 5.74) is 7.63. The molecule has 0 fully saturated rings. The van der Waals surface area contributed by atoms with Crippen LogP contribution in [0, 0.1) is 6.92 Å². The molecule has 0 unspecified atom stereocenters. The monoisotopic (exact) mass is 275 g/mol. The Hall–Kier alpha value is -2.57. The Labute approximate surface area is 116 Å². The lowest BCUT2D eigenvalue weighted by molar-refractivity contribution is 0.0956. The first-order chi connectivity index (χ1) is 9.60. The molecule has 106 valence electrons. The highest BCUT2D eigenvalue weighted by Crippen LogP contribution is 2.20. The van der Waals surface area contributed by atoms with Gasteiger partial charge in [0.15, 0.2) is 5.82 Å². The van der Waals surface area contributed by atoms with Crippen molar-refractivity contribution in [1.82, 2.24) is 15.5 Å². The van der Waals surface area contributed by atoms with Gasteiger partial charge in [-0.05, 0) is 32.0 Å². The fraction of sp³-hybridized carbons (Fsp3) is 0.308. The molecule has 0 aliphatic rings. The Morgan fingerprint density at radius 3 is 2.90 bits per heavy atom. The number of amides is 1. The number of aryl methyl sites for hydroxylation is 1. The number of carbonyl (C=O) groups is 1. The maximum absolute atomic E-state index is 11.8. The van der Waals surface area contributed by atoms with Gasteiger partial charge in [0.2, 0.25) is 5.89 Å². The van der Waals surface area contributed by atoms with Gasteiger partial charge in [0.05, 0.1) is 17.9 Å². The first kappa shape index (κ1) is 13.9. The largest absolute Gasteiger partial charge is 0.397 e. The minimum absolute atomic E-state index is 0.135. The summed E-state index contributed by atoms with van der Waals surface area (Å²) in [6, 6.07) is 5.07. The van der Waals surface area contributed by atoms with Crippen LogP contribution in [0.2, 0.25) is 0 Å². The number of hydrogen-bond acceptors (Lipinski definition) is 6. The highest BCUT2D eigenvalue weighted by Gasteiger charge is 2.09. The van der Waals surface area contributed by atoms with E-state index in [-0.39, 0.29) is 5.91 Å².